The molecule has 1 aromatic rings. The average Bonchev–Trinajstić information content (AvgIpc) is 2.38. The van der Waals surface area contributed by atoms with Crippen LogP contribution in [0.1, 0.15) is 18.9 Å². The number of nitriles is 1. The van der Waals surface area contributed by atoms with Crippen LogP contribution in [0.4, 0.5) is 5.69 Å². The highest BCUT2D eigenvalue weighted by atomic mass is 35.5. The van der Waals surface area contributed by atoms with E-state index in [2.05, 4.69) is 5.32 Å². The third-order valence-electron chi connectivity index (χ3n) is 3.34. The summed E-state index contributed by atoms with van der Waals surface area (Å²) in [5.41, 5.74) is 1.38. The number of hydrogen-bond donors (Lipinski definition) is 1. The number of ether oxygens (including phenoxy) is 2. The van der Waals surface area contributed by atoms with E-state index in [0.29, 0.717) is 17.2 Å². The molecule has 1 aromatic carbocycles. The Labute approximate surface area is 118 Å². The van der Waals surface area contributed by atoms with Gasteiger partial charge in [-0.15, -0.1) is 0 Å². The molecule has 1 fully saturated rings. The smallest absolute Gasteiger partial charge is 0.103 e. The number of benzene rings is 1. The number of rotatable bonds is 5. The minimum Gasteiger partial charge on any atom is -0.379 e. The summed E-state index contributed by atoms with van der Waals surface area (Å²) in [7, 11) is 1.69. The van der Waals surface area contributed by atoms with Crippen LogP contribution in [0.15, 0.2) is 18.2 Å². The van der Waals surface area contributed by atoms with Gasteiger partial charge in [-0.1, -0.05) is 11.6 Å². The predicted octanol–water partition coefficient (Wildman–Crippen LogP) is 2.82. The third-order valence-corrected chi connectivity index (χ3v) is 3.66. The largest absolute Gasteiger partial charge is 0.379 e. The lowest BCUT2D eigenvalue weighted by molar-refractivity contribution is -0.118. The van der Waals surface area contributed by atoms with Gasteiger partial charge in [0.05, 0.1) is 22.7 Å². The van der Waals surface area contributed by atoms with Crippen molar-refractivity contribution in [3.8, 4) is 6.07 Å². The summed E-state index contributed by atoms with van der Waals surface area (Å²) < 4.78 is 11.0. The van der Waals surface area contributed by atoms with Crippen LogP contribution in [0.25, 0.3) is 0 Å². The number of anilines is 1. The molecule has 0 radical (unpaired) electrons. The molecule has 0 amide bonds. The van der Waals surface area contributed by atoms with Crippen LogP contribution in [0, 0.1) is 11.3 Å². The lowest BCUT2D eigenvalue weighted by Crippen LogP contribution is -2.56. The number of methoxy groups -OCH3 is 1. The molecule has 0 heterocycles. The van der Waals surface area contributed by atoms with Crippen LogP contribution in [-0.4, -0.2) is 32.0 Å². The van der Waals surface area contributed by atoms with Gasteiger partial charge in [0.15, 0.2) is 0 Å². The molecular weight excluding hydrogens is 264 g/mol. The van der Waals surface area contributed by atoms with E-state index in [1.54, 1.807) is 19.2 Å². The summed E-state index contributed by atoms with van der Waals surface area (Å²) in [6.45, 7) is 2.67. The Morgan fingerprint density at radius 3 is 2.89 bits per heavy atom. The van der Waals surface area contributed by atoms with Gasteiger partial charge >= 0.3 is 0 Å². The van der Waals surface area contributed by atoms with E-state index >= 15 is 0 Å². The van der Waals surface area contributed by atoms with Gasteiger partial charge in [0.25, 0.3) is 0 Å². The molecule has 0 saturated heterocycles. The Hall–Kier alpha value is -1.28. The van der Waals surface area contributed by atoms with Gasteiger partial charge in [-0.2, -0.15) is 5.26 Å². The molecule has 19 heavy (non-hydrogen) atoms. The van der Waals surface area contributed by atoms with Crippen molar-refractivity contribution in [1.29, 1.82) is 5.26 Å². The van der Waals surface area contributed by atoms with E-state index in [1.807, 2.05) is 19.1 Å². The molecule has 3 unspecified atom stereocenters. The number of halogens is 1. The number of nitrogens with zero attached hydrogens (tertiary/aromatic N) is 1. The second-order valence-electron chi connectivity index (χ2n) is 4.49. The van der Waals surface area contributed by atoms with Crippen molar-refractivity contribution in [2.45, 2.75) is 31.6 Å². The second-order valence-corrected chi connectivity index (χ2v) is 4.89. The maximum atomic E-state index is 8.83. The van der Waals surface area contributed by atoms with Crippen LogP contribution >= 0.6 is 11.6 Å². The van der Waals surface area contributed by atoms with E-state index in [1.165, 1.54) is 0 Å². The monoisotopic (exact) mass is 280 g/mol. The van der Waals surface area contributed by atoms with E-state index in [0.717, 1.165) is 12.1 Å². The van der Waals surface area contributed by atoms with Crippen molar-refractivity contribution in [3.05, 3.63) is 28.8 Å². The Kier molecular flexibility index (Phi) is 4.65. The number of nitrogens with one attached hydrogen (secondary N) is 1. The first kappa shape index (κ1) is 14.1. The Morgan fingerprint density at radius 2 is 2.32 bits per heavy atom. The predicted molar refractivity (Wildman–Crippen MR) is 74.4 cm³/mol. The molecule has 4 nitrogen and oxygen atoms in total. The Balaban J connectivity index is 1.99. The first-order valence-corrected chi connectivity index (χ1v) is 6.68. The van der Waals surface area contributed by atoms with E-state index in [4.69, 9.17) is 26.3 Å². The van der Waals surface area contributed by atoms with Gasteiger partial charge < -0.3 is 14.8 Å². The molecule has 0 aromatic heterocycles. The van der Waals surface area contributed by atoms with Crippen molar-refractivity contribution >= 4 is 17.3 Å². The summed E-state index contributed by atoms with van der Waals surface area (Å²) in [6.07, 6.45) is 1.11. The van der Waals surface area contributed by atoms with E-state index in [9.17, 15) is 0 Å². The van der Waals surface area contributed by atoms with Gasteiger partial charge in [0, 0.05) is 19.4 Å². The summed E-state index contributed by atoms with van der Waals surface area (Å²) in [5, 5.41) is 12.7. The van der Waals surface area contributed by atoms with Crippen LogP contribution in [0.2, 0.25) is 5.02 Å². The van der Waals surface area contributed by atoms with Crippen LogP contribution in [0.5, 0.6) is 0 Å². The summed E-state index contributed by atoms with van der Waals surface area (Å²) in [5.74, 6) is 0. The molecule has 0 aliphatic heterocycles. The zero-order chi connectivity index (χ0) is 13.8. The Bertz CT molecular complexity index is 487. The lowest BCUT2D eigenvalue weighted by Gasteiger charge is -2.43. The standard InChI is InChI=1S/C14H17ClN2O2/c1-3-19-13-7-12(14(13)18-2)17-10-5-4-9(8-16)11(15)6-10/h4-6,12-14,17H,3,7H2,1-2H3. The highest BCUT2D eigenvalue weighted by molar-refractivity contribution is 6.32. The molecule has 0 bridgehead atoms. The molecule has 1 aliphatic carbocycles. The SMILES string of the molecule is CCOC1CC(Nc2ccc(C#N)c(Cl)c2)C1OC. The zero-order valence-corrected chi connectivity index (χ0v) is 11.8. The third kappa shape index (κ3) is 3.01. The fraction of sp³-hybridized carbons (Fsp3) is 0.500. The van der Waals surface area contributed by atoms with E-state index in [-0.39, 0.29) is 18.2 Å². The number of hydrogen-bond acceptors (Lipinski definition) is 4. The molecule has 1 N–H and O–H groups in total. The van der Waals surface area contributed by atoms with Crippen molar-refractivity contribution in [2.75, 3.05) is 19.0 Å². The molecule has 1 saturated carbocycles. The normalized spacial score (nSPS) is 25.5. The fourth-order valence-electron chi connectivity index (χ4n) is 2.33. The maximum Gasteiger partial charge on any atom is 0.103 e. The fourth-order valence-corrected chi connectivity index (χ4v) is 2.55. The van der Waals surface area contributed by atoms with Gasteiger partial charge in [-0.3, -0.25) is 0 Å². The highest BCUT2D eigenvalue weighted by Gasteiger charge is 2.42. The first-order valence-electron chi connectivity index (χ1n) is 6.30. The van der Waals surface area contributed by atoms with Gasteiger partial charge in [-0.05, 0) is 31.5 Å². The molecule has 5 heteroatoms. The van der Waals surface area contributed by atoms with Crippen molar-refractivity contribution in [1.82, 2.24) is 0 Å². The van der Waals surface area contributed by atoms with Gasteiger partial charge in [-0.25, -0.2) is 0 Å². The van der Waals surface area contributed by atoms with Crippen molar-refractivity contribution in [3.63, 3.8) is 0 Å². The Morgan fingerprint density at radius 1 is 1.53 bits per heavy atom. The molecular formula is C14H17ClN2O2. The van der Waals surface area contributed by atoms with Crippen LogP contribution in [0.3, 0.4) is 0 Å². The van der Waals surface area contributed by atoms with Crippen molar-refractivity contribution in [2.24, 2.45) is 0 Å². The summed E-state index contributed by atoms with van der Waals surface area (Å²) >= 11 is 6.00. The summed E-state index contributed by atoms with van der Waals surface area (Å²) in [4.78, 5) is 0. The highest BCUT2D eigenvalue weighted by Crippen LogP contribution is 2.31. The van der Waals surface area contributed by atoms with Gasteiger partial charge in [0.1, 0.15) is 12.2 Å². The molecule has 2 rings (SSSR count). The van der Waals surface area contributed by atoms with Crippen molar-refractivity contribution < 1.29 is 9.47 Å². The van der Waals surface area contributed by atoms with E-state index < -0.39 is 0 Å². The topological polar surface area (TPSA) is 54.3 Å². The summed E-state index contributed by atoms with van der Waals surface area (Å²) in [6, 6.07) is 7.59. The molecule has 0 spiro atoms. The van der Waals surface area contributed by atoms with Crippen LogP contribution in [-0.2, 0) is 9.47 Å². The van der Waals surface area contributed by atoms with Gasteiger partial charge in [0.2, 0.25) is 0 Å². The van der Waals surface area contributed by atoms with Crippen LogP contribution < -0.4 is 5.32 Å². The molecule has 1 aliphatic rings. The zero-order valence-electron chi connectivity index (χ0n) is 11.0. The quantitative estimate of drug-likeness (QED) is 0.901. The second kappa shape index (κ2) is 6.25. The minimum absolute atomic E-state index is 0.0503. The first-order chi connectivity index (χ1) is 9.19. The molecule has 102 valence electrons. The lowest BCUT2D eigenvalue weighted by atomic mass is 9.85. The molecule has 3 atom stereocenters. The maximum absolute atomic E-state index is 8.83. The average molecular weight is 281 g/mol. The minimum atomic E-state index is 0.0503.